The summed E-state index contributed by atoms with van der Waals surface area (Å²) >= 11 is 6.08. The van der Waals surface area contributed by atoms with Gasteiger partial charge in [0.1, 0.15) is 17.7 Å². The monoisotopic (exact) mass is 351 g/mol. The largest absolute Gasteiger partial charge is 0.369 e. The normalized spacial score (nSPS) is 20.3. The van der Waals surface area contributed by atoms with Gasteiger partial charge in [0.15, 0.2) is 0 Å². The average Bonchev–Trinajstić information content (AvgIpc) is 3.21. The fourth-order valence-electron chi connectivity index (χ4n) is 3.06. The number of ether oxygens (including phenoxy) is 1. The summed E-state index contributed by atoms with van der Waals surface area (Å²) in [5, 5.41) is 0.205. The minimum atomic E-state index is -0.434. The summed E-state index contributed by atoms with van der Waals surface area (Å²) in [6.07, 6.45) is 3.82. The van der Waals surface area contributed by atoms with Crippen molar-refractivity contribution >= 4 is 23.2 Å². The van der Waals surface area contributed by atoms with Crippen LogP contribution in [-0.4, -0.2) is 29.1 Å². The third-order valence-corrected chi connectivity index (χ3v) is 4.66. The number of benzene rings is 1. The van der Waals surface area contributed by atoms with Crippen molar-refractivity contribution in [1.29, 1.82) is 0 Å². The molecule has 1 aliphatic heterocycles. The summed E-state index contributed by atoms with van der Waals surface area (Å²) in [5.74, 6) is -0.135. The van der Waals surface area contributed by atoms with Gasteiger partial charge in [-0.25, -0.2) is 9.37 Å². The van der Waals surface area contributed by atoms with Crippen LogP contribution in [0.15, 0.2) is 30.6 Å². The predicted octanol–water partition coefficient (Wildman–Crippen LogP) is 3.44. The van der Waals surface area contributed by atoms with Crippen LogP contribution in [0.2, 0.25) is 5.02 Å². The number of carbonyl (C=O) groups excluding carboxylic acids is 1. The first-order valence-corrected chi connectivity index (χ1v) is 8.26. The molecule has 0 spiro atoms. The molecule has 7 heteroatoms. The van der Waals surface area contributed by atoms with Gasteiger partial charge in [0.25, 0.3) is 0 Å². The highest BCUT2D eigenvalue weighted by Crippen LogP contribution is 2.36. The number of nitrogens with zero attached hydrogens (tertiary/aromatic N) is 3. The maximum Gasteiger partial charge on any atom is 0.233 e. The number of hydrogen-bond acceptors (Lipinski definition) is 3. The van der Waals surface area contributed by atoms with Crippen LogP contribution in [0, 0.1) is 11.7 Å². The summed E-state index contributed by atoms with van der Waals surface area (Å²) < 4.78 is 21.0. The van der Waals surface area contributed by atoms with E-state index in [2.05, 4.69) is 4.98 Å². The highest BCUT2D eigenvalue weighted by Gasteiger charge is 2.39. The first-order valence-electron chi connectivity index (χ1n) is 7.88. The van der Waals surface area contributed by atoms with Crippen molar-refractivity contribution in [3.8, 4) is 0 Å². The van der Waals surface area contributed by atoms with Crippen molar-refractivity contribution < 1.29 is 13.9 Å². The number of anilines is 1. The van der Waals surface area contributed by atoms with Gasteiger partial charge in [-0.2, -0.15) is 0 Å². The molecule has 0 saturated carbocycles. The molecule has 0 N–H and O–H groups in total. The zero-order valence-corrected chi connectivity index (χ0v) is 14.3. The van der Waals surface area contributed by atoms with Gasteiger partial charge >= 0.3 is 0 Å². The number of rotatable bonds is 4. The topological polar surface area (TPSA) is 47.4 Å². The fourth-order valence-corrected chi connectivity index (χ4v) is 3.36. The molecule has 128 valence electrons. The molecule has 5 nitrogen and oxygen atoms in total. The molecule has 2 heterocycles. The number of carbonyl (C=O) groups is 1. The van der Waals surface area contributed by atoms with E-state index in [4.69, 9.17) is 16.3 Å². The van der Waals surface area contributed by atoms with E-state index in [-0.39, 0.29) is 23.0 Å². The molecule has 1 fully saturated rings. The number of imidazole rings is 1. The van der Waals surface area contributed by atoms with Crippen LogP contribution in [0.1, 0.15) is 25.3 Å². The van der Waals surface area contributed by atoms with E-state index >= 15 is 0 Å². The molecule has 1 aromatic carbocycles. The lowest BCUT2D eigenvalue weighted by atomic mass is 9.98. The van der Waals surface area contributed by atoms with Crippen molar-refractivity contribution in [2.24, 2.45) is 5.92 Å². The van der Waals surface area contributed by atoms with Gasteiger partial charge in [0.05, 0.1) is 16.6 Å². The van der Waals surface area contributed by atoms with Crippen LogP contribution in [0.5, 0.6) is 0 Å². The molecule has 0 unspecified atom stereocenters. The second kappa shape index (κ2) is 6.91. The Labute approximate surface area is 145 Å². The number of aryl methyl sites for hydroxylation is 1. The lowest BCUT2D eigenvalue weighted by Crippen LogP contribution is -2.35. The van der Waals surface area contributed by atoms with Gasteiger partial charge in [0, 0.05) is 32.6 Å². The number of halogens is 2. The maximum absolute atomic E-state index is 13.2. The predicted molar refractivity (Wildman–Crippen MR) is 89.5 cm³/mol. The van der Waals surface area contributed by atoms with Crippen molar-refractivity contribution in [2.45, 2.75) is 26.0 Å². The highest BCUT2D eigenvalue weighted by molar-refractivity contribution is 6.33. The summed E-state index contributed by atoms with van der Waals surface area (Å²) in [5.41, 5.74) is 0.479. The van der Waals surface area contributed by atoms with Crippen LogP contribution in [0.3, 0.4) is 0 Å². The first-order chi connectivity index (χ1) is 11.5. The Morgan fingerprint density at radius 1 is 1.54 bits per heavy atom. The van der Waals surface area contributed by atoms with E-state index in [1.807, 2.05) is 17.7 Å². The molecule has 2 aromatic rings. The summed E-state index contributed by atoms with van der Waals surface area (Å²) in [4.78, 5) is 18.8. The lowest BCUT2D eigenvalue weighted by Gasteiger charge is -2.25. The Morgan fingerprint density at radius 3 is 3.04 bits per heavy atom. The van der Waals surface area contributed by atoms with E-state index in [1.165, 1.54) is 23.1 Å². The molecule has 1 saturated heterocycles. The van der Waals surface area contributed by atoms with Crippen LogP contribution < -0.4 is 4.90 Å². The Hall–Kier alpha value is -1.92. The Bertz CT molecular complexity index is 749. The smallest absolute Gasteiger partial charge is 0.233 e. The molecule has 0 bridgehead atoms. The van der Waals surface area contributed by atoms with Gasteiger partial charge in [-0.15, -0.1) is 0 Å². The molecule has 0 radical (unpaired) electrons. The van der Waals surface area contributed by atoms with Crippen LogP contribution in [0.4, 0.5) is 10.1 Å². The number of amides is 1. The van der Waals surface area contributed by atoms with Crippen LogP contribution in [0.25, 0.3) is 0 Å². The first kappa shape index (κ1) is 16.9. The number of aromatic nitrogens is 2. The molecule has 1 aliphatic rings. The Morgan fingerprint density at radius 2 is 2.33 bits per heavy atom. The molecule has 2 atom stereocenters. The van der Waals surface area contributed by atoms with Gasteiger partial charge in [-0.05, 0) is 31.5 Å². The minimum Gasteiger partial charge on any atom is -0.369 e. The van der Waals surface area contributed by atoms with E-state index < -0.39 is 5.82 Å². The van der Waals surface area contributed by atoms with Gasteiger partial charge in [-0.3, -0.25) is 4.79 Å². The van der Waals surface area contributed by atoms with Crippen molar-refractivity contribution in [3.63, 3.8) is 0 Å². The third-order valence-electron chi connectivity index (χ3n) is 4.35. The summed E-state index contributed by atoms with van der Waals surface area (Å²) in [7, 11) is 1.64. The maximum atomic E-state index is 13.2. The molecule has 1 aromatic heterocycles. The minimum absolute atomic E-state index is 0.114. The average molecular weight is 352 g/mol. The van der Waals surface area contributed by atoms with Crippen molar-refractivity contribution in [1.82, 2.24) is 9.55 Å². The number of hydrogen-bond donors (Lipinski definition) is 0. The summed E-state index contributed by atoms with van der Waals surface area (Å²) in [6, 6.07) is 4.00. The third kappa shape index (κ3) is 3.03. The molecule has 1 amide bonds. The quantitative estimate of drug-likeness (QED) is 0.847. The van der Waals surface area contributed by atoms with Gasteiger partial charge in [-0.1, -0.05) is 11.6 Å². The summed E-state index contributed by atoms with van der Waals surface area (Å²) in [6.45, 7) is 3.28. The van der Waals surface area contributed by atoms with Crippen molar-refractivity contribution in [2.75, 3.05) is 18.6 Å². The SMILES string of the molecule is CCn1ccnc1[C@@H]1OCC[C@H]1C(=O)N(C)c1ccc(F)cc1Cl. The van der Waals surface area contributed by atoms with Crippen LogP contribution in [-0.2, 0) is 16.1 Å². The Balaban J connectivity index is 1.85. The zero-order valence-electron chi connectivity index (χ0n) is 13.6. The van der Waals surface area contributed by atoms with Crippen molar-refractivity contribution in [3.05, 3.63) is 47.3 Å². The van der Waals surface area contributed by atoms with Gasteiger partial charge < -0.3 is 14.2 Å². The highest BCUT2D eigenvalue weighted by atomic mass is 35.5. The Kier molecular flexibility index (Phi) is 4.87. The molecular formula is C17H19ClFN3O2. The second-order valence-corrected chi connectivity index (χ2v) is 6.16. The van der Waals surface area contributed by atoms with Gasteiger partial charge in [0.2, 0.25) is 5.91 Å². The van der Waals surface area contributed by atoms with Crippen LogP contribution >= 0.6 is 11.6 Å². The van der Waals surface area contributed by atoms with E-state index in [0.717, 1.165) is 12.4 Å². The lowest BCUT2D eigenvalue weighted by molar-refractivity contribution is -0.124. The zero-order chi connectivity index (χ0) is 17.3. The molecular weight excluding hydrogens is 333 g/mol. The molecule has 24 heavy (non-hydrogen) atoms. The van der Waals surface area contributed by atoms with E-state index in [9.17, 15) is 9.18 Å². The fraction of sp³-hybridized carbons (Fsp3) is 0.412. The second-order valence-electron chi connectivity index (χ2n) is 5.75. The van der Waals surface area contributed by atoms with E-state index in [1.54, 1.807) is 13.2 Å². The molecule has 3 rings (SSSR count). The molecule has 0 aliphatic carbocycles. The standard InChI is InChI=1S/C17H19ClFN3O2/c1-3-22-8-7-20-16(22)15-12(6-9-24-15)17(23)21(2)14-5-4-11(19)10-13(14)18/h4-5,7-8,10,12,15H,3,6,9H2,1-2H3/t12-,15-/m1/s1. The van der Waals surface area contributed by atoms with E-state index in [0.29, 0.717) is 18.7 Å².